The lowest BCUT2D eigenvalue weighted by Crippen LogP contribution is -2.52. The maximum atomic E-state index is 6.62. The molecule has 0 spiro atoms. The molecule has 1 aliphatic carbocycles. The second-order valence-electron chi connectivity index (χ2n) is 5.70. The van der Waals surface area contributed by atoms with Crippen LogP contribution in [0, 0.1) is 5.41 Å². The molecule has 0 aromatic heterocycles. The van der Waals surface area contributed by atoms with Gasteiger partial charge in [-0.15, -0.1) is 0 Å². The third kappa shape index (κ3) is 2.50. The van der Waals surface area contributed by atoms with E-state index in [9.17, 15) is 0 Å². The average Bonchev–Trinajstić information content (AvgIpc) is 2.31. The van der Waals surface area contributed by atoms with Gasteiger partial charge < -0.3 is 5.73 Å². The fourth-order valence-corrected chi connectivity index (χ4v) is 2.91. The quantitative estimate of drug-likeness (QED) is 0.683. The molecule has 0 bridgehead atoms. The molecule has 1 saturated carbocycles. The van der Waals surface area contributed by atoms with E-state index in [2.05, 4.69) is 20.8 Å². The minimum atomic E-state index is 0.111. The summed E-state index contributed by atoms with van der Waals surface area (Å²) in [5.74, 6) is 0. The van der Waals surface area contributed by atoms with E-state index in [1.165, 1.54) is 51.4 Å². The van der Waals surface area contributed by atoms with E-state index in [0.717, 1.165) is 0 Å². The lowest BCUT2D eigenvalue weighted by Gasteiger charge is -2.44. The number of nitrogens with two attached hydrogens (primary N) is 1. The Morgan fingerprint density at radius 3 is 2.00 bits per heavy atom. The SMILES string of the molecule is CCCC(C)(C)C1(N)CCCCCC1. The highest BCUT2D eigenvalue weighted by Gasteiger charge is 2.40. The molecule has 0 atom stereocenters. The zero-order valence-electron chi connectivity index (χ0n) is 10.2. The molecule has 0 aliphatic heterocycles. The second-order valence-corrected chi connectivity index (χ2v) is 5.70. The van der Waals surface area contributed by atoms with Gasteiger partial charge in [-0.25, -0.2) is 0 Å². The first-order chi connectivity index (χ1) is 6.52. The van der Waals surface area contributed by atoms with Crippen LogP contribution in [0.15, 0.2) is 0 Å². The number of rotatable bonds is 3. The van der Waals surface area contributed by atoms with E-state index < -0.39 is 0 Å². The van der Waals surface area contributed by atoms with E-state index in [-0.39, 0.29) is 5.54 Å². The largest absolute Gasteiger partial charge is 0.325 e. The van der Waals surface area contributed by atoms with Crippen LogP contribution in [-0.2, 0) is 0 Å². The van der Waals surface area contributed by atoms with Crippen molar-refractivity contribution in [3.63, 3.8) is 0 Å². The van der Waals surface area contributed by atoms with E-state index in [1.807, 2.05) is 0 Å². The van der Waals surface area contributed by atoms with Crippen molar-refractivity contribution in [2.75, 3.05) is 0 Å². The molecule has 1 heteroatoms. The van der Waals surface area contributed by atoms with Gasteiger partial charge in [-0.1, -0.05) is 52.9 Å². The van der Waals surface area contributed by atoms with Gasteiger partial charge >= 0.3 is 0 Å². The van der Waals surface area contributed by atoms with Gasteiger partial charge in [0.1, 0.15) is 0 Å². The monoisotopic (exact) mass is 197 g/mol. The van der Waals surface area contributed by atoms with Gasteiger partial charge in [0.2, 0.25) is 0 Å². The molecular weight excluding hydrogens is 170 g/mol. The molecule has 0 aromatic carbocycles. The van der Waals surface area contributed by atoms with Crippen LogP contribution in [0.2, 0.25) is 0 Å². The molecule has 2 N–H and O–H groups in total. The van der Waals surface area contributed by atoms with Crippen molar-refractivity contribution in [3.8, 4) is 0 Å². The van der Waals surface area contributed by atoms with Crippen LogP contribution in [0.3, 0.4) is 0 Å². The number of hydrogen-bond acceptors (Lipinski definition) is 1. The Labute approximate surface area is 89.5 Å². The molecule has 0 unspecified atom stereocenters. The topological polar surface area (TPSA) is 26.0 Å². The first-order valence-corrected chi connectivity index (χ1v) is 6.31. The minimum absolute atomic E-state index is 0.111. The molecule has 0 aromatic rings. The van der Waals surface area contributed by atoms with Crippen LogP contribution in [0.4, 0.5) is 0 Å². The molecule has 14 heavy (non-hydrogen) atoms. The van der Waals surface area contributed by atoms with Gasteiger partial charge in [0, 0.05) is 5.54 Å². The first-order valence-electron chi connectivity index (χ1n) is 6.31. The maximum absolute atomic E-state index is 6.62. The fourth-order valence-electron chi connectivity index (χ4n) is 2.91. The standard InChI is InChI=1S/C13H27N/c1-4-9-12(2,3)13(14)10-7-5-6-8-11-13/h4-11,14H2,1-3H3. The summed E-state index contributed by atoms with van der Waals surface area (Å²) in [6, 6.07) is 0. The van der Waals surface area contributed by atoms with E-state index in [1.54, 1.807) is 0 Å². The van der Waals surface area contributed by atoms with Gasteiger partial charge in [-0.2, -0.15) is 0 Å². The Bertz CT molecular complexity index is 164. The van der Waals surface area contributed by atoms with Crippen molar-refractivity contribution < 1.29 is 0 Å². The van der Waals surface area contributed by atoms with Crippen LogP contribution in [-0.4, -0.2) is 5.54 Å². The Morgan fingerprint density at radius 1 is 1.07 bits per heavy atom. The van der Waals surface area contributed by atoms with E-state index in [4.69, 9.17) is 5.73 Å². The molecule has 1 nitrogen and oxygen atoms in total. The Kier molecular flexibility index (Phi) is 4.00. The van der Waals surface area contributed by atoms with Gasteiger partial charge in [0.05, 0.1) is 0 Å². The predicted octanol–water partition coefficient (Wildman–Crippen LogP) is 3.86. The summed E-state index contributed by atoms with van der Waals surface area (Å²) >= 11 is 0. The third-order valence-corrected chi connectivity index (χ3v) is 4.22. The van der Waals surface area contributed by atoms with Gasteiger partial charge in [-0.3, -0.25) is 0 Å². The summed E-state index contributed by atoms with van der Waals surface area (Å²) in [6.45, 7) is 6.99. The molecular formula is C13H27N. The fraction of sp³-hybridized carbons (Fsp3) is 1.00. The Morgan fingerprint density at radius 2 is 1.57 bits per heavy atom. The highest BCUT2D eigenvalue weighted by atomic mass is 14.8. The summed E-state index contributed by atoms with van der Waals surface area (Å²) in [5, 5.41) is 0. The number of hydrogen-bond donors (Lipinski definition) is 1. The predicted molar refractivity (Wildman–Crippen MR) is 63.3 cm³/mol. The average molecular weight is 197 g/mol. The summed E-state index contributed by atoms with van der Waals surface area (Å²) in [4.78, 5) is 0. The molecule has 1 fully saturated rings. The van der Waals surface area contributed by atoms with Crippen molar-refractivity contribution in [2.24, 2.45) is 11.1 Å². The summed E-state index contributed by atoms with van der Waals surface area (Å²) < 4.78 is 0. The van der Waals surface area contributed by atoms with Crippen LogP contribution in [0.1, 0.15) is 72.1 Å². The molecule has 1 aliphatic rings. The lowest BCUT2D eigenvalue weighted by molar-refractivity contribution is 0.129. The van der Waals surface area contributed by atoms with Crippen molar-refractivity contribution in [1.82, 2.24) is 0 Å². The lowest BCUT2D eigenvalue weighted by atomic mass is 9.66. The molecule has 0 saturated heterocycles. The van der Waals surface area contributed by atoms with Crippen LogP contribution >= 0.6 is 0 Å². The summed E-state index contributed by atoms with van der Waals surface area (Å²) in [5.41, 5.74) is 7.06. The van der Waals surface area contributed by atoms with E-state index >= 15 is 0 Å². The van der Waals surface area contributed by atoms with Gasteiger partial charge in [-0.05, 0) is 24.7 Å². The molecule has 0 heterocycles. The van der Waals surface area contributed by atoms with Gasteiger partial charge in [0.15, 0.2) is 0 Å². The second kappa shape index (κ2) is 4.65. The van der Waals surface area contributed by atoms with Crippen molar-refractivity contribution in [3.05, 3.63) is 0 Å². The van der Waals surface area contributed by atoms with Crippen LogP contribution < -0.4 is 5.73 Å². The summed E-state index contributed by atoms with van der Waals surface area (Å²) in [7, 11) is 0. The highest BCUT2D eigenvalue weighted by molar-refractivity contribution is 4.98. The van der Waals surface area contributed by atoms with Crippen LogP contribution in [0.25, 0.3) is 0 Å². The van der Waals surface area contributed by atoms with Crippen molar-refractivity contribution in [1.29, 1.82) is 0 Å². The summed E-state index contributed by atoms with van der Waals surface area (Å²) in [6.07, 6.45) is 10.4. The van der Waals surface area contributed by atoms with Crippen molar-refractivity contribution >= 4 is 0 Å². The molecule has 0 amide bonds. The molecule has 84 valence electrons. The van der Waals surface area contributed by atoms with E-state index in [0.29, 0.717) is 5.41 Å². The van der Waals surface area contributed by atoms with Crippen LogP contribution in [0.5, 0.6) is 0 Å². The zero-order valence-corrected chi connectivity index (χ0v) is 10.2. The maximum Gasteiger partial charge on any atom is 0.0206 e. The third-order valence-electron chi connectivity index (χ3n) is 4.22. The molecule has 0 radical (unpaired) electrons. The Balaban J connectivity index is 2.68. The first kappa shape index (κ1) is 12.0. The Hall–Kier alpha value is -0.0400. The molecule has 1 rings (SSSR count). The smallest absolute Gasteiger partial charge is 0.0206 e. The normalized spacial score (nSPS) is 23.1. The highest BCUT2D eigenvalue weighted by Crippen LogP contribution is 2.42. The van der Waals surface area contributed by atoms with Gasteiger partial charge in [0.25, 0.3) is 0 Å². The zero-order chi connectivity index (χ0) is 10.7. The van der Waals surface area contributed by atoms with Crippen molar-refractivity contribution in [2.45, 2.75) is 77.7 Å². The minimum Gasteiger partial charge on any atom is -0.325 e.